The van der Waals surface area contributed by atoms with Crippen LogP contribution in [0.3, 0.4) is 0 Å². The molecule has 0 heterocycles. The first-order valence-corrected chi connectivity index (χ1v) is 13.7. The second-order valence-corrected chi connectivity index (χ2v) is 13.5. The molecule has 0 aliphatic carbocycles. The molecule has 0 saturated heterocycles. The number of sulfonamides is 2. The Labute approximate surface area is 189 Å². The number of benzene rings is 1. The Morgan fingerprint density at radius 3 is 1.42 bits per heavy atom. The SMILES string of the molecule is CC(C)c1cc(C(C)C)c(OS(=O)(=O)C(F)(F)S(=O)(=O)NS(=O)(=O)C(F)(F)F)c(C(C)C)c1. The molecule has 192 valence electrons. The van der Waals surface area contributed by atoms with Gasteiger partial charge in [-0.1, -0.05) is 57.8 Å². The minimum absolute atomic E-state index is 0.0655. The van der Waals surface area contributed by atoms with Crippen molar-refractivity contribution in [3.05, 3.63) is 28.8 Å². The lowest BCUT2D eigenvalue weighted by Gasteiger charge is -2.24. The highest BCUT2D eigenvalue weighted by atomic mass is 32.3. The zero-order chi connectivity index (χ0) is 26.4. The summed E-state index contributed by atoms with van der Waals surface area (Å²) in [7, 11) is -20.4. The smallest absolute Gasteiger partial charge is 0.377 e. The van der Waals surface area contributed by atoms with Crippen molar-refractivity contribution < 1.29 is 51.4 Å². The molecule has 0 bridgehead atoms. The minimum Gasteiger partial charge on any atom is -0.377 e. The summed E-state index contributed by atoms with van der Waals surface area (Å²) in [4.78, 5) is 0. The highest BCUT2D eigenvalue weighted by Crippen LogP contribution is 2.41. The van der Waals surface area contributed by atoms with Gasteiger partial charge in [0.1, 0.15) is 5.75 Å². The lowest BCUT2D eigenvalue weighted by atomic mass is 9.88. The van der Waals surface area contributed by atoms with Crippen molar-refractivity contribution in [2.24, 2.45) is 0 Å². The standard InChI is InChI=1S/C17H24F5NO7S3/c1-9(2)12-7-13(10(3)4)15(14(8-12)11(5)6)30-33(28,29)17(21,22)32(26,27)23-31(24,25)16(18,19)20/h7-11,23H,1-6H3. The number of rotatable bonds is 9. The Kier molecular flexibility index (Phi) is 8.28. The van der Waals surface area contributed by atoms with E-state index in [1.165, 1.54) is 12.1 Å². The third-order valence-corrected chi connectivity index (χ3v) is 9.63. The molecule has 0 unspecified atom stereocenters. The molecule has 1 aromatic carbocycles. The molecule has 8 nitrogen and oxygen atoms in total. The predicted molar refractivity (Wildman–Crippen MR) is 110 cm³/mol. The maximum absolute atomic E-state index is 14.5. The van der Waals surface area contributed by atoms with Crippen LogP contribution in [-0.2, 0) is 30.2 Å². The molecule has 0 aliphatic heterocycles. The number of nitrogens with one attached hydrogen (secondary N) is 1. The first-order valence-electron chi connectivity index (χ1n) is 9.32. The summed E-state index contributed by atoms with van der Waals surface area (Å²) in [6, 6.07) is 2.95. The van der Waals surface area contributed by atoms with E-state index < -0.39 is 57.8 Å². The van der Waals surface area contributed by atoms with Gasteiger partial charge in [-0.25, -0.2) is 16.8 Å². The molecule has 1 aromatic rings. The van der Waals surface area contributed by atoms with E-state index >= 15 is 0 Å². The fraction of sp³-hybridized carbons (Fsp3) is 0.647. The highest BCUT2D eigenvalue weighted by Gasteiger charge is 2.64. The van der Waals surface area contributed by atoms with Gasteiger partial charge in [0.05, 0.1) is 0 Å². The molecule has 0 fully saturated rings. The zero-order valence-corrected chi connectivity index (χ0v) is 20.8. The average Bonchev–Trinajstić information content (AvgIpc) is 2.58. The molecule has 33 heavy (non-hydrogen) atoms. The third kappa shape index (κ3) is 5.95. The van der Waals surface area contributed by atoms with Gasteiger partial charge >= 0.3 is 40.3 Å². The van der Waals surface area contributed by atoms with Crippen molar-refractivity contribution >= 4 is 30.2 Å². The summed E-state index contributed by atoms with van der Waals surface area (Å²) in [6.07, 6.45) is 0. The largest absolute Gasteiger partial charge is 0.512 e. The van der Waals surface area contributed by atoms with Crippen molar-refractivity contribution in [2.45, 2.75) is 69.4 Å². The van der Waals surface area contributed by atoms with E-state index in [1.54, 1.807) is 27.7 Å². The normalized spacial score (nSPS) is 14.4. The first-order chi connectivity index (χ1) is 14.5. The van der Waals surface area contributed by atoms with Crippen LogP contribution in [0, 0.1) is 0 Å². The monoisotopic (exact) mass is 545 g/mol. The predicted octanol–water partition coefficient (Wildman–Crippen LogP) is 4.08. The average molecular weight is 546 g/mol. The van der Waals surface area contributed by atoms with Crippen LogP contribution in [0.25, 0.3) is 0 Å². The van der Waals surface area contributed by atoms with Crippen molar-refractivity contribution in [3.8, 4) is 5.75 Å². The van der Waals surface area contributed by atoms with Crippen LogP contribution in [-0.4, -0.2) is 35.3 Å². The highest BCUT2D eigenvalue weighted by molar-refractivity contribution is 8.12. The van der Waals surface area contributed by atoms with E-state index in [1.807, 2.05) is 13.8 Å². The molecule has 0 spiro atoms. The van der Waals surface area contributed by atoms with E-state index in [9.17, 15) is 47.2 Å². The summed E-state index contributed by atoms with van der Waals surface area (Å²) in [5.74, 6) is -1.68. The minimum atomic E-state index is -6.97. The Morgan fingerprint density at radius 1 is 0.727 bits per heavy atom. The van der Waals surface area contributed by atoms with Crippen LogP contribution >= 0.6 is 0 Å². The Bertz CT molecular complexity index is 1170. The molecule has 1 rings (SSSR count). The van der Waals surface area contributed by atoms with E-state index in [-0.39, 0.29) is 21.2 Å². The molecule has 0 amide bonds. The number of alkyl halides is 5. The molecular weight excluding hydrogens is 521 g/mol. The van der Waals surface area contributed by atoms with Gasteiger partial charge in [0.15, 0.2) is 0 Å². The maximum atomic E-state index is 14.5. The molecule has 0 aromatic heterocycles. The van der Waals surface area contributed by atoms with Gasteiger partial charge in [-0.2, -0.15) is 30.4 Å². The third-order valence-electron chi connectivity index (χ3n) is 4.40. The summed E-state index contributed by atoms with van der Waals surface area (Å²) in [6.45, 7) is 9.94. The lowest BCUT2D eigenvalue weighted by molar-refractivity contribution is -0.0441. The molecular formula is C17H24F5NO7S3. The van der Waals surface area contributed by atoms with Gasteiger partial charge in [0.2, 0.25) is 0 Å². The second-order valence-electron chi connectivity index (χ2n) is 8.03. The summed E-state index contributed by atoms with van der Waals surface area (Å²) in [5.41, 5.74) is -5.36. The van der Waals surface area contributed by atoms with E-state index in [2.05, 4.69) is 4.18 Å². The van der Waals surface area contributed by atoms with Gasteiger partial charge in [-0.05, 0) is 34.4 Å². The van der Waals surface area contributed by atoms with Crippen molar-refractivity contribution in [3.63, 3.8) is 0 Å². The topological polar surface area (TPSA) is 124 Å². The Hall–Kier alpha value is -1.52. The maximum Gasteiger partial charge on any atom is 0.512 e. The summed E-state index contributed by atoms with van der Waals surface area (Å²) in [5, 5.41) is 0. The molecule has 0 radical (unpaired) electrons. The zero-order valence-electron chi connectivity index (χ0n) is 18.4. The van der Waals surface area contributed by atoms with Gasteiger partial charge in [-0.3, -0.25) is 0 Å². The second kappa shape index (κ2) is 9.26. The first kappa shape index (κ1) is 29.5. The van der Waals surface area contributed by atoms with Crippen molar-refractivity contribution in [2.75, 3.05) is 0 Å². The van der Waals surface area contributed by atoms with Crippen LogP contribution in [0.4, 0.5) is 22.0 Å². The van der Waals surface area contributed by atoms with Crippen molar-refractivity contribution in [1.29, 1.82) is 0 Å². The lowest BCUT2D eigenvalue weighted by Crippen LogP contribution is -2.51. The molecule has 0 aliphatic rings. The van der Waals surface area contributed by atoms with Gasteiger partial charge in [0.25, 0.3) is 0 Å². The van der Waals surface area contributed by atoms with Gasteiger partial charge in [0, 0.05) is 0 Å². The molecule has 1 N–H and O–H groups in total. The van der Waals surface area contributed by atoms with Crippen molar-refractivity contribution in [1.82, 2.24) is 4.13 Å². The van der Waals surface area contributed by atoms with E-state index in [0.29, 0.717) is 5.56 Å². The fourth-order valence-electron chi connectivity index (χ4n) is 2.52. The Morgan fingerprint density at radius 2 is 1.12 bits per heavy atom. The van der Waals surface area contributed by atoms with Crippen LogP contribution < -0.4 is 8.31 Å². The van der Waals surface area contributed by atoms with Gasteiger partial charge in [-0.15, -0.1) is 0 Å². The van der Waals surface area contributed by atoms with Crippen LogP contribution in [0.2, 0.25) is 0 Å². The Balaban J connectivity index is 3.70. The van der Waals surface area contributed by atoms with Crippen LogP contribution in [0.5, 0.6) is 5.75 Å². The van der Waals surface area contributed by atoms with Gasteiger partial charge < -0.3 is 4.18 Å². The number of hydrogen-bond acceptors (Lipinski definition) is 7. The van der Waals surface area contributed by atoms with E-state index in [4.69, 9.17) is 0 Å². The number of halogens is 5. The summed E-state index contributed by atoms with van der Waals surface area (Å²) >= 11 is 0. The fourth-order valence-corrected chi connectivity index (χ4v) is 6.43. The van der Waals surface area contributed by atoms with E-state index in [0.717, 1.165) is 0 Å². The van der Waals surface area contributed by atoms with Crippen LogP contribution in [0.1, 0.15) is 76.0 Å². The summed E-state index contributed by atoms with van der Waals surface area (Å²) < 4.78 is 134. The quantitative estimate of drug-likeness (QED) is 0.366. The molecule has 0 saturated carbocycles. The number of hydrogen-bond donors (Lipinski definition) is 1. The van der Waals surface area contributed by atoms with Crippen LogP contribution in [0.15, 0.2) is 12.1 Å². The molecule has 0 atom stereocenters. The molecule has 16 heteroatoms.